The van der Waals surface area contributed by atoms with Gasteiger partial charge in [0.1, 0.15) is 0 Å². The van der Waals surface area contributed by atoms with E-state index < -0.39 is 5.41 Å². The van der Waals surface area contributed by atoms with Gasteiger partial charge in [-0.15, -0.1) is 11.3 Å². The first-order chi connectivity index (χ1) is 25.3. The predicted molar refractivity (Wildman–Crippen MR) is 216 cm³/mol. The molecule has 2 aliphatic rings. The minimum atomic E-state index is -0.445. The molecule has 8 aromatic carbocycles. The van der Waals surface area contributed by atoms with Crippen molar-refractivity contribution >= 4 is 48.6 Å². The maximum atomic E-state index is 2.47. The summed E-state index contributed by atoms with van der Waals surface area (Å²) in [6.45, 7) is 0. The predicted octanol–water partition coefficient (Wildman–Crippen LogP) is 13.5. The van der Waals surface area contributed by atoms with Crippen molar-refractivity contribution in [2.45, 2.75) is 5.41 Å². The Morgan fingerprint density at radius 1 is 0.373 bits per heavy atom. The lowest BCUT2D eigenvalue weighted by molar-refractivity contribution is 0.793. The number of benzene rings is 8. The second-order valence-corrected chi connectivity index (χ2v) is 14.6. The number of anilines is 3. The molecule has 1 spiro atoms. The Bertz CT molecular complexity index is 2750. The Morgan fingerprint density at radius 2 is 0.882 bits per heavy atom. The summed E-state index contributed by atoms with van der Waals surface area (Å²) < 4.78 is 2.67. The zero-order valence-corrected chi connectivity index (χ0v) is 28.6. The van der Waals surface area contributed by atoms with Crippen LogP contribution in [0.4, 0.5) is 17.1 Å². The lowest BCUT2D eigenvalue weighted by atomic mass is 9.70. The molecule has 0 saturated heterocycles. The number of fused-ring (bicyclic) bond motifs is 13. The smallest absolute Gasteiger partial charge is 0.0746 e. The first kappa shape index (κ1) is 28.6. The highest BCUT2D eigenvalue weighted by molar-refractivity contribution is 7.26. The molecule has 51 heavy (non-hydrogen) atoms. The third kappa shape index (κ3) is 3.91. The topological polar surface area (TPSA) is 3.24 Å². The fourth-order valence-corrected chi connectivity index (χ4v) is 10.3. The normalized spacial score (nSPS) is 13.3. The van der Waals surface area contributed by atoms with E-state index in [2.05, 4.69) is 193 Å². The van der Waals surface area contributed by atoms with Gasteiger partial charge in [0.15, 0.2) is 0 Å². The molecule has 0 aliphatic heterocycles. The molecule has 1 aromatic heterocycles. The van der Waals surface area contributed by atoms with Gasteiger partial charge in [-0.2, -0.15) is 0 Å². The van der Waals surface area contributed by atoms with Gasteiger partial charge in [0.25, 0.3) is 0 Å². The van der Waals surface area contributed by atoms with E-state index in [1.54, 1.807) is 0 Å². The number of hydrogen-bond acceptors (Lipinski definition) is 2. The van der Waals surface area contributed by atoms with E-state index in [1.807, 2.05) is 11.3 Å². The number of para-hydroxylation sites is 1. The molecule has 238 valence electrons. The van der Waals surface area contributed by atoms with Crippen LogP contribution in [0.5, 0.6) is 0 Å². The first-order valence-electron chi connectivity index (χ1n) is 17.6. The molecule has 2 aliphatic carbocycles. The summed E-state index contributed by atoms with van der Waals surface area (Å²) in [5, 5.41) is 2.65. The van der Waals surface area contributed by atoms with E-state index in [-0.39, 0.29) is 0 Å². The highest BCUT2D eigenvalue weighted by Crippen LogP contribution is 2.65. The van der Waals surface area contributed by atoms with Crippen LogP contribution in [0, 0.1) is 0 Å². The lowest BCUT2D eigenvalue weighted by Gasteiger charge is -2.35. The highest BCUT2D eigenvalue weighted by atomic mass is 32.1. The summed E-state index contributed by atoms with van der Waals surface area (Å²) in [7, 11) is 0. The van der Waals surface area contributed by atoms with Gasteiger partial charge in [0, 0.05) is 37.1 Å². The van der Waals surface area contributed by atoms with Crippen molar-refractivity contribution in [3.8, 4) is 33.4 Å². The zero-order valence-electron chi connectivity index (χ0n) is 27.8. The van der Waals surface area contributed by atoms with Crippen LogP contribution in [0.1, 0.15) is 22.3 Å². The summed E-state index contributed by atoms with van der Waals surface area (Å²) in [6, 6.07) is 69.6. The number of rotatable bonds is 4. The first-order valence-corrected chi connectivity index (χ1v) is 18.4. The van der Waals surface area contributed by atoms with Crippen molar-refractivity contribution in [1.82, 2.24) is 0 Å². The van der Waals surface area contributed by atoms with Crippen molar-refractivity contribution in [2.75, 3.05) is 4.90 Å². The number of nitrogens with zero attached hydrogens (tertiary/aromatic N) is 1. The summed E-state index contributed by atoms with van der Waals surface area (Å²) in [5.41, 5.74) is 16.2. The van der Waals surface area contributed by atoms with Gasteiger partial charge in [-0.05, 0) is 86.5 Å². The maximum Gasteiger partial charge on any atom is 0.0746 e. The van der Waals surface area contributed by atoms with Gasteiger partial charge >= 0.3 is 0 Å². The minimum absolute atomic E-state index is 0.445. The third-order valence-corrected chi connectivity index (χ3v) is 12.3. The SMILES string of the molecule is c1ccc(N(c2ccc(-c3cccc4c3sc3ccccc34)cc2)c2cccc3c2C2(c4ccccc4-c4ccccc42)c2ccccc2-3)cc1. The van der Waals surface area contributed by atoms with Crippen LogP contribution in [0.3, 0.4) is 0 Å². The Balaban J connectivity index is 1.15. The Labute approximate surface area is 301 Å². The minimum Gasteiger partial charge on any atom is -0.310 e. The molecule has 0 radical (unpaired) electrons. The van der Waals surface area contributed by atoms with Crippen molar-refractivity contribution in [3.05, 3.63) is 210 Å². The second-order valence-electron chi connectivity index (χ2n) is 13.6. The molecule has 0 bridgehead atoms. The van der Waals surface area contributed by atoms with E-state index in [9.17, 15) is 0 Å². The molecule has 0 amide bonds. The average Bonchev–Trinajstić information content (AvgIpc) is 3.83. The maximum absolute atomic E-state index is 2.47. The van der Waals surface area contributed by atoms with Crippen LogP contribution in [0.25, 0.3) is 53.6 Å². The van der Waals surface area contributed by atoms with Gasteiger partial charge in [-0.1, -0.05) is 152 Å². The fraction of sp³-hybridized carbons (Fsp3) is 0.0204. The average molecular weight is 666 g/mol. The Morgan fingerprint density at radius 3 is 1.59 bits per heavy atom. The molecule has 9 aromatic rings. The van der Waals surface area contributed by atoms with Crippen molar-refractivity contribution in [2.24, 2.45) is 0 Å². The van der Waals surface area contributed by atoms with Crippen LogP contribution in [0.2, 0.25) is 0 Å². The van der Waals surface area contributed by atoms with E-state index in [0.29, 0.717) is 0 Å². The van der Waals surface area contributed by atoms with Gasteiger partial charge in [0.2, 0.25) is 0 Å². The lowest BCUT2D eigenvalue weighted by Crippen LogP contribution is -2.28. The van der Waals surface area contributed by atoms with E-state index in [4.69, 9.17) is 0 Å². The standard InChI is InChI=1S/C49H31NS/c1-2-14-33(15-3-1)50(34-30-28-32(29-31-34)35-20-12-22-41-39-19-7-11-27-46(39)51-48(35)41)45-26-13-21-40-38-18-6-10-25-44(38)49(47(40)45)42-23-8-4-16-36(42)37-17-5-9-24-43(37)49/h1-31H. The fourth-order valence-electron chi connectivity index (χ4n) is 9.09. The molecular formula is C49H31NS. The van der Waals surface area contributed by atoms with Gasteiger partial charge in [-0.3, -0.25) is 0 Å². The molecule has 2 heteroatoms. The number of thiophene rings is 1. The summed E-state index contributed by atoms with van der Waals surface area (Å²) in [6.07, 6.45) is 0. The van der Waals surface area contributed by atoms with Crippen molar-refractivity contribution in [3.63, 3.8) is 0 Å². The van der Waals surface area contributed by atoms with Crippen molar-refractivity contribution < 1.29 is 0 Å². The van der Waals surface area contributed by atoms with E-state index >= 15 is 0 Å². The van der Waals surface area contributed by atoms with Crippen LogP contribution in [-0.2, 0) is 5.41 Å². The van der Waals surface area contributed by atoms with Crippen LogP contribution in [0.15, 0.2) is 188 Å². The third-order valence-electron chi connectivity index (χ3n) is 11.1. The zero-order chi connectivity index (χ0) is 33.5. The summed E-state index contributed by atoms with van der Waals surface area (Å²) >= 11 is 1.88. The van der Waals surface area contributed by atoms with Crippen LogP contribution >= 0.6 is 11.3 Å². The van der Waals surface area contributed by atoms with Gasteiger partial charge in [0.05, 0.1) is 11.1 Å². The quantitative estimate of drug-likeness (QED) is 0.181. The summed E-state index contributed by atoms with van der Waals surface area (Å²) in [4.78, 5) is 2.47. The molecule has 1 nitrogen and oxygen atoms in total. The van der Waals surface area contributed by atoms with E-state index in [0.717, 1.165) is 11.4 Å². The largest absolute Gasteiger partial charge is 0.310 e. The highest BCUT2D eigenvalue weighted by Gasteiger charge is 2.53. The molecule has 0 fully saturated rings. The molecule has 1 heterocycles. The molecule has 0 atom stereocenters. The van der Waals surface area contributed by atoms with E-state index in [1.165, 1.54) is 81.5 Å². The monoisotopic (exact) mass is 665 g/mol. The van der Waals surface area contributed by atoms with Gasteiger partial charge < -0.3 is 4.90 Å². The molecule has 11 rings (SSSR count). The molecule has 0 unspecified atom stereocenters. The van der Waals surface area contributed by atoms with Crippen LogP contribution < -0.4 is 4.90 Å². The summed E-state index contributed by atoms with van der Waals surface area (Å²) in [5.74, 6) is 0. The molecule has 0 N–H and O–H groups in total. The Kier molecular flexibility index (Phi) is 6.11. The molecule has 0 saturated carbocycles. The van der Waals surface area contributed by atoms with Crippen LogP contribution in [-0.4, -0.2) is 0 Å². The Hall–Kier alpha value is -6.22. The molecular weight excluding hydrogens is 635 g/mol. The van der Waals surface area contributed by atoms with Gasteiger partial charge in [-0.25, -0.2) is 0 Å². The van der Waals surface area contributed by atoms with Crippen molar-refractivity contribution in [1.29, 1.82) is 0 Å². The second kappa shape index (κ2) is 10.9. The number of hydrogen-bond donors (Lipinski definition) is 0.